The summed E-state index contributed by atoms with van der Waals surface area (Å²) in [5, 5.41) is 15.1. The fourth-order valence-electron chi connectivity index (χ4n) is 17.8. The molecule has 5 nitrogen and oxygen atoms in total. The monoisotopic (exact) mass is 1270 g/mol. The summed E-state index contributed by atoms with van der Waals surface area (Å²) >= 11 is 0. The molecule has 0 unspecified atom stereocenters. The van der Waals surface area contributed by atoms with Gasteiger partial charge >= 0.3 is 0 Å². The molecule has 4 aromatic heterocycles. The summed E-state index contributed by atoms with van der Waals surface area (Å²) in [6.45, 7) is 4.78. The van der Waals surface area contributed by atoms with Crippen LogP contribution in [0.3, 0.4) is 0 Å². The molecule has 20 aromatic rings. The first-order valence-corrected chi connectivity index (χ1v) is 34.6. The first-order chi connectivity index (χ1) is 49.4. The molecule has 0 radical (unpaired) electrons. The normalized spacial score (nSPS) is 13.0. The number of fused-ring (bicyclic) bond motifs is 5. The number of aromatic nitrogens is 2. The minimum atomic E-state index is -0.0341. The molecule has 4 heterocycles. The van der Waals surface area contributed by atoms with Crippen molar-refractivity contribution in [2.45, 2.75) is 19.3 Å². The van der Waals surface area contributed by atoms with Crippen LogP contribution >= 0.6 is 0 Å². The van der Waals surface area contributed by atoms with Crippen molar-refractivity contribution in [1.29, 1.82) is 0 Å². The lowest BCUT2D eigenvalue weighted by Gasteiger charge is -2.26. The Bertz CT molecular complexity index is 6940. The summed E-state index contributed by atoms with van der Waals surface area (Å²) < 4.78 is 17.9. The number of rotatable bonds is 8. The lowest BCUT2D eigenvalue weighted by atomic mass is 9.81. The average molecular weight is 1270 g/mol. The van der Waals surface area contributed by atoms with Crippen molar-refractivity contribution in [3.63, 3.8) is 0 Å². The zero-order valence-electron chi connectivity index (χ0n) is 54.8. The van der Waals surface area contributed by atoms with E-state index < -0.39 is 0 Å². The zero-order valence-corrected chi connectivity index (χ0v) is 54.8. The highest BCUT2D eigenvalue weighted by Gasteiger charge is 2.40. The Kier molecular flexibility index (Phi) is 11.3. The molecule has 5 heteroatoms. The summed E-state index contributed by atoms with van der Waals surface area (Å²) in [7, 11) is 0. The largest absolute Gasteiger partial charge is 0.456 e. The van der Waals surface area contributed by atoms with Gasteiger partial charge in [-0.05, 0) is 197 Å². The third-order valence-corrected chi connectivity index (χ3v) is 22.2. The van der Waals surface area contributed by atoms with E-state index in [-0.39, 0.29) is 5.41 Å². The van der Waals surface area contributed by atoms with Crippen LogP contribution in [0.4, 0.5) is 17.1 Å². The molecule has 100 heavy (non-hydrogen) atoms. The van der Waals surface area contributed by atoms with E-state index in [9.17, 15) is 0 Å². The van der Waals surface area contributed by atoms with E-state index in [1.54, 1.807) is 0 Å². The second-order valence-corrected chi connectivity index (χ2v) is 27.8. The highest BCUT2D eigenvalue weighted by molar-refractivity contribution is 6.38. The molecule has 3 aliphatic rings. The van der Waals surface area contributed by atoms with Gasteiger partial charge in [0.1, 0.15) is 22.3 Å². The van der Waals surface area contributed by atoms with Crippen molar-refractivity contribution < 1.29 is 8.83 Å². The van der Waals surface area contributed by atoms with Gasteiger partial charge in [0.2, 0.25) is 0 Å². The van der Waals surface area contributed by atoms with Gasteiger partial charge < -0.3 is 22.9 Å². The molecule has 0 amide bonds. The first-order valence-electron chi connectivity index (χ1n) is 34.6. The molecule has 16 aromatic carbocycles. The average Bonchev–Trinajstić information content (AvgIpc) is 1.52. The zero-order chi connectivity index (χ0) is 65.6. The molecule has 0 spiro atoms. The molecule has 0 aliphatic heterocycles. The summed E-state index contributed by atoms with van der Waals surface area (Å²) in [6.07, 6.45) is 0. The second kappa shape index (κ2) is 20.5. The highest BCUT2D eigenvalue weighted by Crippen LogP contribution is 2.60. The smallest absolute Gasteiger partial charge is 0.137 e. The summed E-state index contributed by atoms with van der Waals surface area (Å²) in [5.74, 6) is 0. The molecular formula is C95H59N3O2. The maximum atomic E-state index is 6.49. The quantitative estimate of drug-likeness (QED) is 0.152. The van der Waals surface area contributed by atoms with Gasteiger partial charge in [-0.15, -0.1) is 0 Å². The molecule has 0 fully saturated rings. The van der Waals surface area contributed by atoms with Crippen LogP contribution in [0, 0.1) is 0 Å². The minimum Gasteiger partial charge on any atom is -0.456 e. The SMILES string of the molecule is CC1(C)c2cccc3c2-c2c1ccc1ccc4c(c21)c1c-3cccc1n4-c1cccc(-c2cccc(-c3ccccc3)c2)c1.c1ccc(-c2cccc(N(c3cccc(-n4c5cccc6c5c5c7c(ccc8oc9cccc-6c9c87)ccc54)c3)c3ccc4c(c3)oc3ccccc34)c2)cc1. The number of hydrogen-bond acceptors (Lipinski definition) is 3. The molecule has 0 bridgehead atoms. The lowest BCUT2D eigenvalue weighted by molar-refractivity contribution is 0.661. The Morgan fingerprint density at radius 1 is 0.260 bits per heavy atom. The molecule has 23 rings (SSSR count). The Morgan fingerprint density at radius 3 is 1.48 bits per heavy atom. The molecule has 0 atom stereocenters. The van der Waals surface area contributed by atoms with Gasteiger partial charge in [0, 0.05) is 88.4 Å². The Balaban J connectivity index is 0.000000131. The van der Waals surface area contributed by atoms with Gasteiger partial charge in [0.25, 0.3) is 0 Å². The van der Waals surface area contributed by atoms with Gasteiger partial charge in [0.15, 0.2) is 0 Å². The minimum absolute atomic E-state index is 0.0341. The predicted molar refractivity (Wildman–Crippen MR) is 418 cm³/mol. The van der Waals surface area contributed by atoms with Gasteiger partial charge in [-0.2, -0.15) is 0 Å². The summed E-state index contributed by atoms with van der Waals surface area (Å²) in [4.78, 5) is 2.35. The molecule has 0 saturated heterocycles. The maximum absolute atomic E-state index is 6.49. The van der Waals surface area contributed by atoms with Crippen molar-refractivity contribution in [1.82, 2.24) is 9.13 Å². The standard InChI is InChI=1S/C52H30N2O2.C43H29N/c1-2-10-31(11-3-1)33-12-6-13-34(28-33)53(37-24-25-39-38-16-4-5-20-44(38)55-47(39)30-37)35-14-7-15-36(29-35)54-42-19-8-17-40-41-18-9-21-45-50(41)52-46(56-45)27-23-32-22-26-43(54)51(48(32)52)49(40)42;1-43(2)34-18-8-16-32-33-17-9-19-36-40(33)42-37(23-21-27-20-22-35(43)41(38(27)42)39(32)34)44(36)31-15-7-14-30(25-31)29-13-6-12-28(24-29)26-10-4-3-5-11-26/h1-30H;3-25H,1-2H3. The number of hydrogen-bond donors (Lipinski definition) is 0. The number of nitrogens with zero attached hydrogens (tertiary/aromatic N) is 3. The van der Waals surface area contributed by atoms with Crippen LogP contribution < -0.4 is 4.90 Å². The lowest BCUT2D eigenvalue weighted by Crippen LogP contribution is -2.14. The van der Waals surface area contributed by atoms with Crippen LogP contribution in [-0.4, -0.2) is 9.13 Å². The molecule has 3 aliphatic carbocycles. The third kappa shape index (κ3) is 7.71. The summed E-state index contributed by atoms with van der Waals surface area (Å²) in [5.41, 5.74) is 32.0. The van der Waals surface area contributed by atoms with Gasteiger partial charge in [-0.3, -0.25) is 0 Å². The Morgan fingerprint density at radius 2 is 0.730 bits per heavy atom. The van der Waals surface area contributed by atoms with E-state index in [1.807, 2.05) is 12.1 Å². The summed E-state index contributed by atoms with van der Waals surface area (Å²) in [6, 6.07) is 117. The number of anilines is 3. The number of benzene rings is 16. The topological polar surface area (TPSA) is 39.4 Å². The van der Waals surface area contributed by atoms with Crippen LogP contribution in [0.15, 0.2) is 330 Å². The molecule has 0 saturated carbocycles. The van der Waals surface area contributed by atoms with Crippen molar-refractivity contribution in [3.05, 3.63) is 333 Å². The van der Waals surface area contributed by atoms with E-state index in [2.05, 4.69) is 337 Å². The molecule has 466 valence electrons. The van der Waals surface area contributed by atoms with Crippen molar-refractivity contribution in [2.75, 3.05) is 4.90 Å². The van der Waals surface area contributed by atoms with Crippen LogP contribution in [0.5, 0.6) is 0 Å². The van der Waals surface area contributed by atoms with Crippen LogP contribution in [0.25, 0.3) is 187 Å². The van der Waals surface area contributed by atoms with Crippen molar-refractivity contribution >= 4 is 126 Å². The Hall–Kier alpha value is -13.0. The van der Waals surface area contributed by atoms with E-state index in [0.717, 1.165) is 61.4 Å². The van der Waals surface area contributed by atoms with Crippen LogP contribution in [-0.2, 0) is 5.41 Å². The second-order valence-electron chi connectivity index (χ2n) is 27.8. The fraction of sp³-hybridized carbons (Fsp3) is 0.0316. The van der Waals surface area contributed by atoms with Gasteiger partial charge in [-0.25, -0.2) is 0 Å². The van der Waals surface area contributed by atoms with Crippen molar-refractivity contribution in [3.8, 4) is 78.1 Å². The molecular weight excluding hydrogens is 1220 g/mol. The van der Waals surface area contributed by atoms with Gasteiger partial charge in [0.05, 0.1) is 22.1 Å². The van der Waals surface area contributed by atoms with Crippen LogP contribution in [0.1, 0.15) is 25.0 Å². The Labute approximate surface area is 575 Å². The number of para-hydroxylation sites is 1. The maximum Gasteiger partial charge on any atom is 0.137 e. The van der Waals surface area contributed by atoms with E-state index in [1.165, 1.54) is 154 Å². The molecule has 0 N–H and O–H groups in total. The van der Waals surface area contributed by atoms with Crippen LogP contribution in [0.2, 0.25) is 0 Å². The first kappa shape index (κ1) is 55.2. The fourth-order valence-corrected chi connectivity index (χ4v) is 17.8. The third-order valence-electron chi connectivity index (χ3n) is 22.2. The van der Waals surface area contributed by atoms with E-state index in [4.69, 9.17) is 8.83 Å². The highest BCUT2D eigenvalue weighted by atomic mass is 16.3. The van der Waals surface area contributed by atoms with E-state index >= 15 is 0 Å². The van der Waals surface area contributed by atoms with E-state index in [0.29, 0.717) is 0 Å². The van der Waals surface area contributed by atoms with Gasteiger partial charge in [-0.1, -0.05) is 226 Å². The van der Waals surface area contributed by atoms with Crippen molar-refractivity contribution in [2.24, 2.45) is 0 Å². The predicted octanol–water partition coefficient (Wildman–Crippen LogP) is 26.4. The number of furan rings is 2.